The Kier molecular flexibility index (Phi) is 6.29. The lowest BCUT2D eigenvalue weighted by Crippen LogP contribution is -2.29. The van der Waals surface area contributed by atoms with Crippen molar-refractivity contribution in [2.45, 2.75) is 0 Å². The number of allylic oxidation sites excluding steroid dienone is 3. The summed E-state index contributed by atoms with van der Waals surface area (Å²) in [5, 5.41) is 9.94. The van der Waals surface area contributed by atoms with Gasteiger partial charge in [-0.15, -0.1) is 0 Å². The van der Waals surface area contributed by atoms with Crippen molar-refractivity contribution in [2.24, 2.45) is 5.73 Å². The summed E-state index contributed by atoms with van der Waals surface area (Å²) in [6.07, 6.45) is 6.75. The predicted octanol–water partition coefficient (Wildman–Crippen LogP) is 7.86. The van der Waals surface area contributed by atoms with Gasteiger partial charge >= 0.3 is 0 Å². The second-order valence-electron chi connectivity index (χ2n) is 9.83. The highest BCUT2D eigenvalue weighted by molar-refractivity contribution is 6.26. The minimum Gasteiger partial charge on any atom is -0.502 e. The molecule has 0 atom stereocenters. The lowest BCUT2D eigenvalue weighted by Gasteiger charge is -2.17. The molecule has 5 aromatic rings. The Balaban J connectivity index is 1.49. The van der Waals surface area contributed by atoms with Crippen LogP contribution >= 0.6 is 0 Å². The smallest absolute Gasteiger partial charge is 0.250 e. The molecule has 1 aliphatic heterocycles. The normalized spacial score (nSPS) is 13.6. The van der Waals surface area contributed by atoms with Gasteiger partial charge < -0.3 is 15.8 Å². The Labute approximate surface area is 233 Å². The number of fused-ring (bicyclic) bond motifs is 6. The molecule has 5 aromatic carbocycles. The van der Waals surface area contributed by atoms with Gasteiger partial charge in [0.05, 0.1) is 18.5 Å². The number of benzene rings is 5. The van der Waals surface area contributed by atoms with Crippen LogP contribution in [0.3, 0.4) is 0 Å². The van der Waals surface area contributed by atoms with Crippen LogP contribution in [0.15, 0.2) is 134 Å². The maximum Gasteiger partial charge on any atom is 0.250 e. The quantitative estimate of drug-likeness (QED) is 0.130. The van der Waals surface area contributed by atoms with Crippen molar-refractivity contribution in [2.75, 3.05) is 7.11 Å². The number of nitrogens with two attached hydrogens (primary N) is 1. The molecule has 1 amide bonds. The largest absolute Gasteiger partial charge is 0.502 e. The van der Waals surface area contributed by atoms with Gasteiger partial charge in [0, 0.05) is 11.6 Å². The molecule has 40 heavy (non-hydrogen) atoms. The summed E-state index contributed by atoms with van der Waals surface area (Å²) in [6.45, 7) is 8.19. The molecule has 0 radical (unpaired) electrons. The van der Waals surface area contributed by atoms with Crippen molar-refractivity contribution >= 4 is 49.5 Å². The van der Waals surface area contributed by atoms with Crippen molar-refractivity contribution in [3.63, 3.8) is 0 Å². The third-order valence-electron chi connectivity index (χ3n) is 7.38. The molecule has 0 saturated heterocycles. The van der Waals surface area contributed by atoms with E-state index < -0.39 is 0 Å². The third kappa shape index (κ3) is 4.36. The SMILES string of the molecule is C=CC(=C\C(=C)c1ccc2c3ccc(-c4cccc(C5=CC(=O)N5)c4)cc3c3ccccc3c2c1)/C(N)=C/OC. The molecule has 6 rings (SSSR count). The van der Waals surface area contributed by atoms with E-state index in [2.05, 4.69) is 91.3 Å². The number of hydrogen-bond donors (Lipinski definition) is 2. The maximum absolute atomic E-state index is 11.4. The molecule has 3 N–H and O–H groups in total. The van der Waals surface area contributed by atoms with E-state index in [0.717, 1.165) is 44.5 Å². The monoisotopic (exact) mass is 520 g/mol. The minimum absolute atomic E-state index is 0.0552. The van der Waals surface area contributed by atoms with Crippen LogP contribution in [0.25, 0.3) is 54.7 Å². The van der Waals surface area contributed by atoms with E-state index in [-0.39, 0.29) is 5.91 Å². The van der Waals surface area contributed by atoms with E-state index in [1.165, 1.54) is 33.2 Å². The van der Waals surface area contributed by atoms with Crippen LogP contribution in [0.5, 0.6) is 0 Å². The summed E-state index contributed by atoms with van der Waals surface area (Å²) in [4.78, 5) is 11.4. The Hall–Kier alpha value is -5.35. The molecule has 0 spiro atoms. The number of carbonyl (C=O) groups is 1. The van der Waals surface area contributed by atoms with E-state index in [9.17, 15) is 4.79 Å². The highest BCUT2D eigenvalue weighted by atomic mass is 16.5. The number of nitrogens with one attached hydrogen (secondary N) is 1. The van der Waals surface area contributed by atoms with Crippen LogP contribution in [-0.4, -0.2) is 13.0 Å². The summed E-state index contributed by atoms with van der Waals surface area (Å²) in [5.74, 6) is -0.0552. The number of ether oxygens (including phenoxy) is 1. The average molecular weight is 521 g/mol. The standard InChI is InChI=1S/C36H28N2O2/c1-4-23(34(37)21-40-3)16-22(2)24-12-14-30-31-15-13-26(25-8-7-9-27(17-25)35-20-36(39)38-35)19-33(31)29-11-6-5-10-28(29)32(30)18-24/h4-21H,1-2,37H2,3H3,(H,38,39)/b23-16+,34-21-. The van der Waals surface area contributed by atoms with Crippen LogP contribution < -0.4 is 11.1 Å². The molecule has 0 fully saturated rings. The van der Waals surface area contributed by atoms with Gasteiger partial charge in [0.25, 0.3) is 0 Å². The topological polar surface area (TPSA) is 64.4 Å². The van der Waals surface area contributed by atoms with E-state index in [1.54, 1.807) is 19.3 Å². The van der Waals surface area contributed by atoms with Crippen LogP contribution in [0.2, 0.25) is 0 Å². The van der Waals surface area contributed by atoms with E-state index in [0.29, 0.717) is 5.70 Å². The zero-order valence-corrected chi connectivity index (χ0v) is 22.2. The molecule has 0 unspecified atom stereocenters. The van der Waals surface area contributed by atoms with Gasteiger partial charge in [-0.1, -0.05) is 86.0 Å². The molecule has 4 nitrogen and oxygen atoms in total. The lowest BCUT2D eigenvalue weighted by molar-refractivity contribution is -0.116. The first kappa shape index (κ1) is 25.0. The Bertz CT molecular complexity index is 1950. The number of hydrogen-bond acceptors (Lipinski definition) is 3. The average Bonchev–Trinajstić information content (AvgIpc) is 2.98. The highest BCUT2D eigenvalue weighted by Gasteiger charge is 2.16. The summed E-state index contributed by atoms with van der Waals surface area (Å²) in [6, 6.07) is 29.9. The second kappa shape index (κ2) is 10.1. The second-order valence-corrected chi connectivity index (χ2v) is 9.83. The number of rotatable bonds is 7. The predicted molar refractivity (Wildman–Crippen MR) is 167 cm³/mol. The highest BCUT2D eigenvalue weighted by Crippen LogP contribution is 2.38. The van der Waals surface area contributed by atoms with Gasteiger partial charge in [-0.3, -0.25) is 4.79 Å². The van der Waals surface area contributed by atoms with Gasteiger partial charge in [-0.25, -0.2) is 0 Å². The first-order valence-corrected chi connectivity index (χ1v) is 13.0. The molecule has 0 aliphatic carbocycles. The molecular weight excluding hydrogens is 492 g/mol. The Morgan fingerprint density at radius 1 is 0.800 bits per heavy atom. The van der Waals surface area contributed by atoms with Crippen molar-refractivity contribution in [1.29, 1.82) is 0 Å². The van der Waals surface area contributed by atoms with Crippen LogP contribution in [-0.2, 0) is 9.53 Å². The maximum atomic E-state index is 11.4. The molecule has 0 bridgehead atoms. The molecular formula is C36H28N2O2. The van der Waals surface area contributed by atoms with Crippen molar-refractivity contribution in [3.8, 4) is 11.1 Å². The fourth-order valence-corrected chi connectivity index (χ4v) is 5.34. The fraction of sp³-hybridized carbons (Fsp3) is 0.0278. The third-order valence-corrected chi connectivity index (χ3v) is 7.38. The molecule has 0 saturated carbocycles. The van der Waals surface area contributed by atoms with Crippen LogP contribution in [0.1, 0.15) is 11.1 Å². The van der Waals surface area contributed by atoms with Gasteiger partial charge in [0.2, 0.25) is 5.91 Å². The van der Waals surface area contributed by atoms with Crippen LogP contribution in [0.4, 0.5) is 0 Å². The first-order chi connectivity index (χ1) is 19.5. The fourth-order valence-electron chi connectivity index (χ4n) is 5.34. The van der Waals surface area contributed by atoms with Gasteiger partial charge in [0.1, 0.15) is 6.26 Å². The van der Waals surface area contributed by atoms with Crippen molar-refractivity contribution < 1.29 is 9.53 Å². The minimum atomic E-state index is -0.0552. The van der Waals surface area contributed by atoms with Gasteiger partial charge in [-0.2, -0.15) is 0 Å². The molecule has 1 aliphatic rings. The zero-order chi connectivity index (χ0) is 27.8. The molecule has 0 aromatic heterocycles. The van der Waals surface area contributed by atoms with Gasteiger partial charge in [-0.05, 0) is 84.4 Å². The van der Waals surface area contributed by atoms with E-state index in [4.69, 9.17) is 10.5 Å². The van der Waals surface area contributed by atoms with Crippen molar-refractivity contribution in [3.05, 3.63) is 145 Å². The molecule has 194 valence electrons. The number of amides is 1. The lowest BCUT2D eigenvalue weighted by atomic mass is 9.90. The Morgan fingerprint density at radius 2 is 1.43 bits per heavy atom. The molecule has 1 heterocycles. The number of carbonyl (C=O) groups excluding carboxylic acids is 1. The summed E-state index contributed by atoms with van der Waals surface area (Å²) in [7, 11) is 1.56. The Morgan fingerprint density at radius 3 is 2.10 bits per heavy atom. The summed E-state index contributed by atoms with van der Waals surface area (Å²) < 4.78 is 5.06. The summed E-state index contributed by atoms with van der Waals surface area (Å²) in [5.41, 5.74) is 13.3. The van der Waals surface area contributed by atoms with Crippen molar-refractivity contribution in [1.82, 2.24) is 5.32 Å². The summed E-state index contributed by atoms with van der Waals surface area (Å²) >= 11 is 0. The molecule has 4 heteroatoms. The van der Waals surface area contributed by atoms with Crippen LogP contribution in [0, 0.1) is 0 Å². The number of methoxy groups -OCH3 is 1. The first-order valence-electron chi connectivity index (χ1n) is 13.0. The van der Waals surface area contributed by atoms with Gasteiger partial charge in [0.15, 0.2) is 0 Å². The van der Waals surface area contributed by atoms with E-state index in [1.807, 2.05) is 18.2 Å². The van der Waals surface area contributed by atoms with E-state index >= 15 is 0 Å². The zero-order valence-electron chi connectivity index (χ0n) is 22.2.